The summed E-state index contributed by atoms with van der Waals surface area (Å²) in [5, 5.41) is 13.0. The number of aliphatic hydroxyl groups excluding tert-OH is 1. The van der Waals surface area contributed by atoms with E-state index in [-0.39, 0.29) is 6.04 Å². The maximum absolute atomic E-state index is 9.76. The van der Waals surface area contributed by atoms with Gasteiger partial charge in [0.1, 0.15) is 0 Å². The molecule has 1 aromatic heterocycles. The standard InChI is InChI=1S/C14H24N2O2/c1-11(2)9-18-10-14(17)8-16-12(3)13-4-6-15-7-5-13/h4-7,11-12,14,16-17H,8-10H2,1-3H3/t12-,14?/m0/s1. The second-order valence-corrected chi connectivity index (χ2v) is 5.00. The summed E-state index contributed by atoms with van der Waals surface area (Å²) in [5.41, 5.74) is 1.17. The minimum absolute atomic E-state index is 0.202. The minimum atomic E-state index is -0.465. The van der Waals surface area contributed by atoms with Crippen LogP contribution >= 0.6 is 0 Å². The van der Waals surface area contributed by atoms with Crippen LogP contribution in [-0.4, -0.2) is 36.0 Å². The summed E-state index contributed by atoms with van der Waals surface area (Å²) in [5.74, 6) is 0.501. The van der Waals surface area contributed by atoms with E-state index < -0.39 is 6.10 Å². The van der Waals surface area contributed by atoms with E-state index in [0.29, 0.717) is 25.7 Å². The van der Waals surface area contributed by atoms with Crippen LogP contribution in [0.4, 0.5) is 0 Å². The van der Waals surface area contributed by atoms with Crippen LogP contribution in [0.1, 0.15) is 32.4 Å². The fourth-order valence-electron chi connectivity index (χ4n) is 1.58. The predicted molar refractivity (Wildman–Crippen MR) is 72.3 cm³/mol. The van der Waals surface area contributed by atoms with Crippen LogP contribution < -0.4 is 5.32 Å². The van der Waals surface area contributed by atoms with E-state index in [1.807, 2.05) is 12.1 Å². The third-order valence-corrected chi connectivity index (χ3v) is 2.63. The monoisotopic (exact) mass is 252 g/mol. The van der Waals surface area contributed by atoms with Crippen LogP contribution in [-0.2, 0) is 4.74 Å². The average molecular weight is 252 g/mol. The zero-order chi connectivity index (χ0) is 13.4. The quantitative estimate of drug-likeness (QED) is 0.740. The van der Waals surface area contributed by atoms with Gasteiger partial charge in [0.05, 0.1) is 12.7 Å². The average Bonchev–Trinajstić information content (AvgIpc) is 2.36. The molecule has 0 saturated heterocycles. The topological polar surface area (TPSA) is 54.4 Å². The summed E-state index contributed by atoms with van der Waals surface area (Å²) in [4.78, 5) is 3.98. The fourth-order valence-corrected chi connectivity index (χ4v) is 1.58. The molecule has 2 atom stereocenters. The van der Waals surface area contributed by atoms with Gasteiger partial charge in [-0.1, -0.05) is 13.8 Å². The molecule has 0 aliphatic carbocycles. The van der Waals surface area contributed by atoms with Crippen LogP contribution in [0.2, 0.25) is 0 Å². The summed E-state index contributed by atoms with van der Waals surface area (Å²) in [7, 11) is 0. The van der Waals surface area contributed by atoms with Crippen molar-refractivity contribution in [3.05, 3.63) is 30.1 Å². The molecular formula is C14H24N2O2. The molecule has 0 aliphatic heterocycles. The van der Waals surface area contributed by atoms with Gasteiger partial charge in [-0.05, 0) is 30.5 Å². The first-order chi connectivity index (χ1) is 8.59. The van der Waals surface area contributed by atoms with E-state index in [2.05, 4.69) is 31.1 Å². The number of aromatic nitrogens is 1. The van der Waals surface area contributed by atoms with Crippen molar-refractivity contribution in [2.24, 2.45) is 5.92 Å². The largest absolute Gasteiger partial charge is 0.389 e. The Morgan fingerprint density at radius 2 is 1.89 bits per heavy atom. The third-order valence-electron chi connectivity index (χ3n) is 2.63. The first-order valence-electron chi connectivity index (χ1n) is 6.48. The molecule has 1 aromatic rings. The summed E-state index contributed by atoms with van der Waals surface area (Å²) < 4.78 is 5.39. The summed E-state index contributed by atoms with van der Waals surface area (Å²) in [6.45, 7) is 7.86. The third kappa shape index (κ3) is 6.10. The Balaban J connectivity index is 2.20. The van der Waals surface area contributed by atoms with Crippen molar-refractivity contribution in [2.75, 3.05) is 19.8 Å². The highest BCUT2D eigenvalue weighted by molar-refractivity contribution is 5.13. The predicted octanol–water partition coefficient (Wildman–Crippen LogP) is 1.77. The van der Waals surface area contributed by atoms with Crippen molar-refractivity contribution in [2.45, 2.75) is 32.9 Å². The zero-order valence-corrected chi connectivity index (χ0v) is 11.5. The van der Waals surface area contributed by atoms with Crippen molar-refractivity contribution in [3.8, 4) is 0 Å². The molecule has 0 amide bonds. The molecular weight excluding hydrogens is 228 g/mol. The molecule has 1 unspecified atom stereocenters. The van der Waals surface area contributed by atoms with E-state index in [1.54, 1.807) is 12.4 Å². The Bertz CT molecular complexity index is 317. The van der Waals surface area contributed by atoms with Crippen LogP contribution in [0.3, 0.4) is 0 Å². The first-order valence-corrected chi connectivity index (χ1v) is 6.48. The highest BCUT2D eigenvalue weighted by Crippen LogP contribution is 2.09. The van der Waals surface area contributed by atoms with Gasteiger partial charge >= 0.3 is 0 Å². The molecule has 2 N–H and O–H groups in total. The van der Waals surface area contributed by atoms with E-state index >= 15 is 0 Å². The molecule has 1 heterocycles. The van der Waals surface area contributed by atoms with Crippen molar-refractivity contribution >= 4 is 0 Å². The number of rotatable bonds is 8. The fraction of sp³-hybridized carbons (Fsp3) is 0.643. The van der Waals surface area contributed by atoms with Crippen LogP contribution in [0.15, 0.2) is 24.5 Å². The Labute approximate surface area is 109 Å². The number of ether oxygens (including phenoxy) is 1. The second-order valence-electron chi connectivity index (χ2n) is 5.00. The first kappa shape index (κ1) is 15.1. The number of nitrogens with zero attached hydrogens (tertiary/aromatic N) is 1. The molecule has 0 aromatic carbocycles. The summed E-state index contributed by atoms with van der Waals surface area (Å²) >= 11 is 0. The lowest BCUT2D eigenvalue weighted by Gasteiger charge is -2.17. The van der Waals surface area contributed by atoms with Crippen LogP contribution in [0.5, 0.6) is 0 Å². The van der Waals surface area contributed by atoms with E-state index in [9.17, 15) is 5.11 Å². The van der Waals surface area contributed by atoms with Gasteiger partial charge in [0, 0.05) is 31.6 Å². The molecule has 102 valence electrons. The van der Waals surface area contributed by atoms with Gasteiger partial charge in [-0.15, -0.1) is 0 Å². The van der Waals surface area contributed by atoms with Crippen LogP contribution in [0.25, 0.3) is 0 Å². The smallest absolute Gasteiger partial charge is 0.0897 e. The Hall–Kier alpha value is -0.970. The SMILES string of the molecule is CC(C)COCC(O)CN[C@@H](C)c1ccncc1. The lowest BCUT2D eigenvalue weighted by atomic mass is 10.1. The van der Waals surface area contributed by atoms with Gasteiger partial charge in [0.15, 0.2) is 0 Å². The lowest BCUT2D eigenvalue weighted by molar-refractivity contribution is 0.0252. The van der Waals surface area contributed by atoms with Gasteiger partial charge < -0.3 is 15.2 Å². The highest BCUT2D eigenvalue weighted by atomic mass is 16.5. The van der Waals surface area contributed by atoms with Crippen molar-refractivity contribution in [1.29, 1.82) is 0 Å². The van der Waals surface area contributed by atoms with E-state index in [4.69, 9.17) is 4.74 Å². The van der Waals surface area contributed by atoms with Crippen LogP contribution in [0, 0.1) is 5.92 Å². The molecule has 4 nitrogen and oxygen atoms in total. The van der Waals surface area contributed by atoms with Gasteiger partial charge in [-0.3, -0.25) is 4.98 Å². The number of pyridine rings is 1. The Morgan fingerprint density at radius 1 is 1.22 bits per heavy atom. The normalized spacial score (nSPS) is 14.7. The maximum atomic E-state index is 9.76. The number of hydrogen-bond donors (Lipinski definition) is 2. The number of hydrogen-bond acceptors (Lipinski definition) is 4. The molecule has 0 aliphatic rings. The van der Waals surface area contributed by atoms with Gasteiger partial charge in [-0.25, -0.2) is 0 Å². The Kier molecular flexibility index (Phi) is 6.86. The molecule has 18 heavy (non-hydrogen) atoms. The number of nitrogens with one attached hydrogen (secondary N) is 1. The van der Waals surface area contributed by atoms with Crippen molar-refractivity contribution in [3.63, 3.8) is 0 Å². The molecule has 4 heteroatoms. The second kappa shape index (κ2) is 8.19. The van der Waals surface area contributed by atoms with E-state index in [1.165, 1.54) is 5.56 Å². The van der Waals surface area contributed by atoms with Gasteiger partial charge in [-0.2, -0.15) is 0 Å². The zero-order valence-electron chi connectivity index (χ0n) is 11.5. The molecule has 0 bridgehead atoms. The molecule has 0 radical (unpaired) electrons. The summed E-state index contributed by atoms with van der Waals surface area (Å²) in [6.07, 6.45) is 3.08. The molecule has 0 fully saturated rings. The van der Waals surface area contributed by atoms with Crippen molar-refractivity contribution in [1.82, 2.24) is 10.3 Å². The summed E-state index contributed by atoms with van der Waals surface area (Å²) in [6, 6.07) is 4.14. The number of aliphatic hydroxyl groups is 1. The molecule has 0 saturated carbocycles. The molecule has 0 spiro atoms. The van der Waals surface area contributed by atoms with E-state index in [0.717, 1.165) is 0 Å². The maximum Gasteiger partial charge on any atom is 0.0897 e. The minimum Gasteiger partial charge on any atom is -0.389 e. The van der Waals surface area contributed by atoms with Crippen molar-refractivity contribution < 1.29 is 9.84 Å². The van der Waals surface area contributed by atoms with Gasteiger partial charge in [0.2, 0.25) is 0 Å². The van der Waals surface area contributed by atoms with Gasteiger partial charge in [0.25, 0.3) is 0 Å². The lowest BCUT2D eigenvalue weighted by Crippen LogP contribution is -2.32. The molecule has 1 rings (SSSR count). The Morgan fingerprint density at radius 3 is 2.50 bits per heavy atom. The highest BCUT2D eigenvalue weighted by Gasteiger charge is 2.09.